The van der Waals surface area contributed by atoms with Crippen LogP contribution in [0.1, 0.15) is 153 Å². The monoisotopic (exact) mass is 1360 g/mol. The molecule has 12 aromatic carbocycles. The van der Waals surface area contributed by atoms with Crippen molar-refractivity contribution < 1.29 is 0 Å². The zero-order valence-electron chi connectivity index (χ0n) is 64.1. The molecule has 0 saturated carbocycles. The maximum atomic E-state index is 2.56. The molecule has 16 aromatic rings. The molecule has 0 amide bonds. The third kappa shape index (κ3) is 11.0. The maximum Gasteiger partial charge on any atom is 0.0737 e. The average molecular weight is 1360 g/mol. The lowest BCUT2D eigenvalue weighted by atomic mass is 9.87. The van der Waals surface area contributed by atoms with Crippen LogP contribution in [0, 0.1) is 27.7 Å². The molecule has 16 rings (SSSR count). The van der Waals surface area contributed by atoms with E-state index in [1.165, 1.54) is 77.7 Å². The second-order valence-corrected chi connectivity index (χ2v) is 33.1. The molecular weight excluding hydrogens is 1270 g/mol. The largest absolute Gasteiger partial charge is 0.253 e. The fourth-order valence-electron chi connectivity index (χ4n) is 16.4. The van der Waals surface area contributed by atoms with E-state index >= 15 is 0 Å². The molecule has 0 radical (unpaired) electrons. The summed E-state index contributed by atoms with van der Waals surface area (Å²) in [6, 6.07) is 93.3. The third-order valence-corrected chi connectivity index (χ3v) is 22.5. The van der Waals surface area contributed by atoms with Gasteiger partial charge in [-0.05, 0) is 193 Å². The van der Waals surface area contributed by atoms with Crippen molar-refractivity contribution in [3.8, 4) is 0 Å². The van der Waals surface area contributed by atoms with Crippen molar-refractivity contribution in [3.63, 3.8) is 0 Å². The fraction of sp³-hybridized carbons (Fsp3) is 0.250. The normalized spacial score (nSPS) is 12.6. The summed E-state index contributed by atoms with van der Waals surface area (Å²) < 4.78 is 10.1. The standard InChI is InChI=1S/C96H98N8/c1-19-71-57-65-29-21-25-33-83(65)99(71)103(75-49-41-69(42-50-75)95(13,14)15)89-59-87(101(73-45-37-67(38-46-73)93(7,8)9)97-63(5)61(3)77-31-23-27-35-85(77)97)79-53-54-80-88(102(74-47-39-68(40-48-74)94(10,11)12)98-64(6)62(4)78-32-24-28-36-86(78)98)60-90(82-56-55-81(89)91(79)92(80)82)104(76-51-43-70(44-52-76)96(16,17)18)100-72(20-2)58-66-30-22-26-34-84(66)100/h21-60H,19-20H2,1-18H3. The number of hydrogen-bond donors (Lipinski definition) is 0. The van der Waals surface area contributed by atoms with Crippen LogP contribution in [0.15, 0.2) is 243 Å². The Morgan fingerprint density at radius 1 is 0.260 bits per heavy atom. The lowest BCUT2D eigenvalue weighted by molar-refractivity contribution is 0.590. The molecule has 0 bridgehead atoms. The molecule has 0 aliphatic carbocycles. The van der Waals surface area contributed by atoms with Gasteiger partial charge in [-0.1, -0.05) is 243 Å². The summed E-state index contributed by atoms with van der Waals surface area (Å²) >= 11 is 0. The van der Waals surface area contributed by atoms with Crippen LogP contribution < -0.4 is 20.0 Å². The van der Waals surface area contributed by atoms with Gasteiger partial charge in [0.1, 0.15) is 0 Å². The summed E-state index contributed by atoms with van der Waals surface area (Å²) in [7, 11) is 0. The zero-order chi connectivity index (χ0) is 72.8. The Bertz CT molecular complexity index is 5590. The van der Waals surface area contributed by atoms with E-state index in [-0.39, 0.29) is 21.7 Å². The smallest absolute Gasteiger partial charge is 0.0737 e. The van der Waals surface area contributed by atoms with E-state index < -0.39 is 0 Å². The van der Waals surface area contributed by atoms with Gasteiger partial charge in [0.25, 0.3) is 0 Å². The first kappa shape index (κ1) is 67.5. The number of anilines is 8. The van der Waals surface area contributed by atoms with Gasteiger partial charge in [-0.3, -0.25) is 18.7 Å². The summed E-state index contributed by atoms with van der Waals surface area (Å²) in [5.74, 6) is 0. The lowest BCUT2D eigenvalue weighted by Gasteiger charge is -2.37. The van der Waals surface area contributed by atoms with E-state index in [1.807, 2.05) is 0 Å². The molecule has 8 nitrogen and oxygen atoms in total. The van der Waals surface area contributed by atoms with Gasteiger partial charge in [0.05, 0.1) is 67.6 Å². The molecule has 104 heavy (non-hydrogen) atoms. The molecule has 0 atom stereocenters. The highest BCUT2D eigenvalue weighted by atomic mass is 15.6. The van der Waals surface area contributed by atoms with Crippen LogP contribution in [-0.4, -0.2) is 18.7 Å². The van der Waals surface area contributed by atoms with Gasteiger partial charge in [0.2, 0.25) is 0 Å². The van der Waals surface area contributed by atoms with E-state index in [4.69, 9.17) is 0 Å². The van der Waals surface area contributed by atoms with Crippen LogP contribution in [0.3, 0.4) is 0 Å². The van der Waals surface area contributed by atoms with Gasteiger partial charge < -0.3 is 0 Å². The number of aromatic nitrogens is 4. The molecule has 4 aromatic heterocycles. The molecule has 0 aliphatic rings. The fourth-order valence-corrected chi connectivity index (χ4v) is 16.4. The van der Waals surface area contributed by atoms with Crippen molar-refractivity contribution in [2.75, 3.05) is 20.0 Å². The molecule has 4 heterocycles. The second kappa shape index (κ2) is 24.9. The number of hydrogen-bond acceptors (Lipinski definition) is 4. The van der Waals surface area contributed by atoms with Crippen LogP contribution >= 0.6 is 0 Å². The number of rotatable bonds is 14. The number of benzene rings is 12. The number of nitrogens with zero attached hydrogens (tertiary/aromatic N) is 8. The van der Waals surface area contributed by atoms with Crippen molar-refractivity contribution in [3.05, 3.63) is 299 Å². The van der Waals surface area contributed by atoms with E-state index in [2.05, 4.69) is 406 Å². The zero-order valence-corrected chi connectivity index (χ0v) is 64.1. The lowest BCUT2D eigenvalue weighted by Crippen LogP contribution is -2.29. The van der Waals surface area contributed by atoms with Gasteiger partial charge in [0.15, 0.2) is 0 Å². The summed E-state index contributed by atoms with van der Waals surface area (Å²) in [6.45, 7) is 41.6. The first-order chi connectivity index (χ1) is 49.7. The first-order valence-corrected chi connectivity index (χ1v) is 37.5. The molecular formula is C96H98N8. The highest BCUT2D eigenvalue weighted by Crippen LogP contribution is 2.54. The number of fused-ring (bicyclic) bond motifs is 4. The minimum absolute atomic E-state index is 0.0771. The Balaban J connectivity index is 1.15. The first-order valence-electron chi connectivity index (χ1n) is 37.5. The van der Waals surface area contributed by atoms with Gasteiger partial charge >= 0.3 is 0 Å². The van der Waals surface area contributed by atoms with E-state index in [0.717, 1.165) is 113 Å². The van der Waals surface area contributed by atoms with E-state index in [9.17, 15) is 0 Å². The highest BCUT2D eigenvalue weighted by molar-refractivity contribution is 6.32. The van der Waals surface area contributed by atoms with E-state index in [0.29, 0.717) is 0 Å². The van der Waals surface area contributed by atoms with Crippen molar-refractivity contribution in [1.82, 2.24) is 18.7 Å². The topological polar surface area (TPSA) is 32.7 Å². The number of aryl methyl sites for hydroxylation is 4. The quantitative estimate of drug-likeness (QED) is 0.102. The third-order valence-electron chi connectivity index (χ3n) is 22.5. The van der Waals surface area contributed by atoms with Crippen molar-refractivity contribution >= 4 is 121 Å². The molecule has 0 saturated heterocycles. The number of para-hydroxylation sites is 4. The predicted molar refractivity (Wildman–Crippen MR) is 446 cm³/mol. The van der Waals surface area contributed by atoms with Crippen LogP contribution in [0.2, 0.25) is 0 Å². The highest BCUT2D eigenvalue weighted by Gasteiger charge is 2.34. The Hall–Kier alpha value is -11.0. The molecule has 0 unspecified atom stereocenters. The minimum Gasteiger partial charge on any atom is -0.253 e. The van der Waals surface area contributed by atoms with Gasteiger partial charge in [-0.2, -0.15) is 0 Å². The summed E-state index contributed by atoms with van der Waals surface area (Å²) in [6.07, 6.45) is 1.60. The van der Waals surface area contributed by atoms with Gasteiger partial charge in [-0.25, -0.2) is 20.0 Å². The Morgan fingerprint density at radius 3 is 0.779 bits per heavy atom. The molecule has 522 valence electrons. The predicted octanol–water partition coefficient (Wildman–Crippen LogP) is 26.4. The Morgan fingerprint density at radius 2 is 0.510 bits per heavy atom. The SMILES string of the molecule is CCc1cc2ccccc2n1N(c1ccc(C(C)(C)C)cc1)c1cc(N(c2ccc(C(C)(C)C)cc2)n2c(C)c(C)c3ccccc32)c2ccc3c(N(c4ccc(C(C)(C)C)cc4)n4c(C)c(C)c5ccccc54)cc(N(c4ccc(C(C)(C)C)cc4)n4c(CC)cc5ccccc54)c4ccc1c2c43. The van der Waals surface area contributed by atoms with Crippen LogP contribution in [0.4, 0.5) is 45.5 Å². The van der Waals surface area contributed by atoms with Crippen molar-refractivity contribution in [1.29, 1.82) is 0 Å². The van der Waals surface area contributed by atoms with Crippen molar-refractivity contribution in [2.45, 2.75) is 159 Å². The maximum absolute atomic E-state index is 2.56. The second-order valence-electron chi connectivity index (χ2n) is 33.1. The van der Waals surface area contributed by atoms with Gasteiger partial charge in [-0.15, -0.1) is 0 Å². The molecule has 8 heteroatoms. The van der Waals surface area contributed by atoms with E-state index in [1.54, 1.807) is 0 Å². The molecule has 0 fully saturated rings. The Labute approximate surface area is 614 Å². The molecule has 0 N–H and O–H groups in total. The van der Waals surface area contributed by atoms with Crippen molar-refractivity contribution in [2.24, 2.45) is 0 Å². The average Bonchev–Trinajstić information content (AvgIpc) is 1.03. The summed E-state index contributed by atoms with van der Waals surface area (Å²) in [4.78, 5) is 0. The van der Waals surface area contributed by atoms with Crippen LogP contribution in [-0.2, 0) is 34.5 Å². The van der Waals surface area contributed by atoms with Crippen LogP contribution in [0.25, 0.3) is 75.9 Å². The summed E-state index contributed by atoms with van der Waals surface area (Å²) in [5.41, 5.74) is 25.0. The minimum atomic E-state index is -0.0782. The van der Waals surface area contributed by atoms with Crippen LogP contribution in [0.5, 0.6) is 0 Å². The van der Waals surface area contributed by atoms with Gasteiger partial charge in [0, 0.05) is 76.6 Å². The summed E-state index contributed by atoms with van der Waals surface area (Å²) in [5, 5.41) is 21.9. The molecule has 0 spiro atoms. The molecule has 0 aliphatic heterocycles. The Kier molecular flexibility index (Phi) is 16.2.